The lowest BCUT2D eigenvalue weighted by Gasteiger charge is -2.31. The van der Waals surface area contributed by atoms with Gasteiger partial charge in [0.25, 0.3) is 5.56 Å². The maximum Gasteiger partial charge on any atom is 0.343 e. The molecule has 3 N–H and O–H groups in total. The number of cyclic esters (lactones) is 1. The van der Waals surface area contributed by atoms with E-state index < -0.39 is 23.4 Å². The Kier molecular flexibility index (Phi) is 4.41. The number of hydrogen-bond donors (Lipinski definition) is 2. The first-order chi connectivity index (χ1) is 15.2. The molecule has 4 heterocycles. The lowest BCUT2D eigenvalue weighted by atomic mass is 9.86. The van der Waals surface area contributed by atoms with Gasteiger partial charge in [0.2, 0.25) is 0 Å². The zero-order chi connectivity index (χ0) is 22.9. The van der Waals surface area contributed by atoms with E-state index in [1.807, 2.05) is 6.92 Å². The van der Waals surface area contributed by atoms with Crippen molar-refractivity contribution in [2.75, 3.05) is 7.11 Å². The van der Waals surface area contributed by atoms with E-state index in [1.165, 1.54) is 17.7 Å². The summed E-state index contributed by atoms with van der Waals surface area (Å²) in [5.41, 5.74) is 7.28. The highest BCUT2D eigenvalue weighted by atomic mass is 19.1. The van der Waals surface area contributed by atoms with Crippen molar-refractivity contribution in [3.8, 4) is 17.1 Å². The van der Waals surface area contributed by atoms with Crippen LogP contribution in [0.1, 0.15) is 48.6 Å². The van der Waals surface area contributed by atoms with Crippen molar-refractivity contribution in [1.82, 2.24) is 9.55 Å². The van der Waals surface area contributed by atoms with Gasteiger partial charge in [-0.3, -0.25) is 4.79 Å². The van der Waals surface area contributed by atoms with Gasteiger partial charge >= 0.3 is 5.97 Å². The Morgan fingerprint density at radius 2 is 2.09 bits per heavy atom. The van der Waals surface area contributed by atoms with Crippen molar-refractivity contribution in [2.45, 2.75) is 45.1 Å². The minimum atomic E-state index is -1.91. The molecule has 0 bridgehead atoms. The summed E-state index contributed by atoms with van der Waals surface area (Å²) < 4.78 is 26.2. The van der Waals surface area contributed by atoms with Crippen LogP contribution in [0.2, 0.25) is 0 Å². The van der Waals surface area contributed by atoms with E-state index in [0.29, 0.717) is 22.3 Å². The van der Waals surface area contributed by atoms with Crippen molar-refractivity contribution in [3.63, 3.8) is 0 Å². The molecule has 9 heteroatoms. The zero-order valence-corrected chi connectivity index (χ0v) is 17.9. The molecule has 0 saturated heterocycles. The van der Waals surface area contributed by atoms with Crippen molar-refractivity contribution in [3.05, 3.63) is 56.6 Å². The molecule has 0 fully saturated rings. The maximum absolute atomic E-state index is 14.4. The van der Waals surface area contributed by atoms with Gasteiger partial charge in [-0.1, -0.05) is 6.92 Å². The number of aliphatic hydroxyl groups is 1. The Balaban J connectivity index is 1.85. The number of carbonyl (C=O) groups is 1. The smallest absolute Gasteiger partial charge is 0.343 e. The number of aromatic nitrogens is 2. The van der Waals surface area contributed by atoms with E-state index in [4.69, 9.17) is 15.2 Å². The lowest BCUT2D eigenvalue weighted by molar-refractivity contribution is -0.172. The summed E-state index contributed by atoms with van der Waals surface area (Å²) in [5, 5.41) is 11.6. The predicted molar refractivity (Wildman–Crippen MR) is 114 cm³/mol. The van der Waals surface area contributed by atoms with E-state index in [9.17, 15) is 19.1 Å². The van der Waals surface area contributed by atoms with Gasteiger partial charge in [-0.25, -0.2) is 14.2 Å². The summed E-state index contributed by atoms with van der Waals surface area (Å²) in [4.78, 5) is 30.3. The number of nitrogens with zero attached hydrogens (tertiary/aromatic N) is 2. The van der Waals surface area contributed by atoms with Crippen LogP contribution in [0.25, 0.3) is 22.3 Å². The van der Waals surface area contributed by atoms with E-state index in [0.717, 1.165) is 11.1 Å². The molecule has 1 aromatic carbocycles. The average Bonchev–Trinajstić information content (AvgIpc) is 3.12. The summed E-state index contributed by atoms with van der Waals surface area (Å²) in [5.74, 6) is -1.27. The maximum atomic E-state index is 14.4. The van der Waals surface area contributed by atoms with Gasteiger partial charge < -0.3 is 24.9 Å². The largest absolute Gasteiger partial charge is 0.494 e. The zero-order valence-electron chi connectivity index (χ0n) is 17.9. The van der Waals surface area contributed by atoms with Crippen LogP contribution in [0, 0.1) is 5.82 Å². The molecule has 3 aromatic rings. The molecule has 0 spiro atoms. The topological polar surface area (TPSA) is 117 Å². The predicted octanol–water partition coefficient (Wildman–Crippen LogP) is 2.25. The van der Waals surface area contributed by atoms with Crippen molar-refractivity contribution < 1.29 is 23.8 Å². The molecule has 0 amide bonds. The van der Waals surface area contributed by atoms with Gasteiger partial charge in [-0.2, -0.15) is 0 Å². The molecule has 0 radical (unpaired) electrons. The van der Waals surface area contributed by atoms with Crippen LogP contribution in [0.3, 0.4) is 0 Å². The second kappa shape index (κ2) is 6.85. The van der Waals surface area contributed by atoms with Crippen LogP contribution in [0.4, 0.5) is 4.39 Å². The molecule has 2 atom stereocenters. The van der Waals surface area contributed by atoms with Gasteiger partial charge in [0.05, 0.1) is 36.1 Å². The van der Waals surface area contributed by atoms with Crippen LogP contribution < -0.4 is 16.0 Å². The Labute approximate surface area is 182 Å². The van der Waals surface area contributed by atoms with Gasteiger partial charge in [0.1, 0.15) is 6.61 Å². The summed E-state index contributed by atoms with van der Waals surface area (Å²) in [6.45, 7) is 3.47. The Morgan fingerprint density at radius 3 is 2.75 bits per heavy atom. The van der Waals surface area contributed by atoms with Crippen LogP contribution in [0.15, 0.2) is 23.0 Å². The number of nitrogens with two attached hydrogens (primary N) is 1. The molecule has 0 unspecified atom stereocenters. The number of fused-ring (bicyclic) bond motifs is 5. The SMILES string of the molecule is CC[C@@]1(O)C(=O)OCc2c1cc1n(c2=O)Cc2c-1nc1cc(F)c(OC)cc1c2[C@H](C)N. The third-order valence-electron chi connectivity index (χ3n) is 6.46. The standard InChI is InChI=1S/C23H22FN3O5/c1-4-23(30)14-6-17-20-12(8-27(17)21(28)13(14)9-32-22(23)29)19(10(2)25)11-5-18(31-3)15(24)7-16(11)26-20/h5-7,10,30H,4,8-9,25H2,1-3H3/t10-,23-/m0/s1. The highest BCUT2D eigenvalue weighted by molar-refractivity contribution is 5.90. The normalized spacial score (nSPS) is 19.9. The van der Waals surface area contributed by atoms with E-state index >= 15 is 0 Å². The Morgan fingerprint density at radius 1 is 1.34 bits per heavy atom. The number of hydrogen-bond acceptors (Lipinski definition) is 7. The summed E-state index contributed by atoms with van der Waals surface area (Å²) in [7, 11) is 1.38. The fourth-order valence-electron chi connectivity index (χ4n) is 4.79. The van der Waals surface area contributed by atoms with Crippen molar-refractivity contribution in [1.29, 1.82) is 0 Å². The Bertz CT molecular complexity index is 1380. The summed E-state index contributed by atoms with van der Waals surface area (Å²) >= 11 is 0. The average molecular weight is 439 g/mol. The van der Waals surface area contributed by atoms with Gasteiger partial charge in [0, 0.05) is 28.6 Å². The Hall–Kier alpha value is -3.30. The molecule has 0 saturated carbocycles. The molecule has 32 heavy (non-hydrogen) atoms. The fraction of sp³-hybridized carbons (Fsp3) is 0.348. The molecule has 5 rings (SSSR count). The number of rotatable bonds is 3. The molecule has 166 valence electrons. The van der Waals surface area contributed by atoms with Crippen LogP contribution in [-0.2, 0) is 28.3 Å². The number of pyridine rings is 2. The third kappa shape index (κ3) is 2.58. The first-order valence-electron chi connectivity index (χ1n) is 10.3. The first kappa shape index (κ1) is 20.6. The number of benzene rings is 1. The number of ether oxygens (including phenoxy) is 2. The summed E-state index contributed by atoms with van der Waals surface area (Å²) in [6.07, 6.45) is 0.0514. The number of carbonyl (C=O) groups excluding carboxylic acids is 1. The van der Waals surface area contributed by atoms with Crippen molar-refractivity contribution in [2.24, 2.45) is 5.73 Å². The van der Waals surface area contributed by atoms with Gasteiger partial charge in [0.15, 0.2) is 17.2 Å². The molecular weight excluding hydrogens is 417 g/mol. The monoisotopic (exact) mass is 439 g/mol. The minimum Gasteiger partial charge on any atom is -0.494 e. The van der Waals surface area contributed by atoms with Crippen LogP contribution >= 0.6 is 0 Å². The molecule has 2 aliphatic rings. The molecular formula is C23H22FN3O5. The summed E-state index contributed by atoms with van der Waals surface area (Å²) in [6, 6.07) is 4.03. The number of esters is 1. The molecule has 2 aliphatic heterocycles. The van der Waals surface area contributed by atoms with E-state index in [-0.39, 0.29) is 42.0 Å². The third-order valence-corrected chi connectivity index (χ3v) is 6.46. The van der Waals surface area contributed by atoms with Crippen LogP contribution in [0.5, 0.6) is 5.75 Å². The minimum absolute atomic E-state index is 0.0514. The highest BCUT2D eigenvalue weighted by Crippen LogP contribution is 2.42. The second-order valence-corrected chi connectivity index (χ2v) is 8.25. The van der Waals surface area contributed by atoms with Crippen molar-refractivity contribution >= 4 is 16.9 Å². The van der Waals surface area contributed by atoms with E-state index in [1.54, 1.807) is 19.1 Å². The molecule has 0 aliphatic carbocycles. The second-order valence-electron chi connectivity index (χ2n) is 8.25. The molecule has 8 nitrogen and oxygen atoms in total. The molecule has 2 aromatic heterocycles. The quantitative estimate of drug-likeness (QED) is 0.470. The highest BCUT2D eigenvalue weighted by Gasteiger charge is 2.45. The number of halogens is 1. The fourth-order valence-corrected chi connectivity index (χ4v) is 4.79. The first-order valence-corrected chi connectivity index (χ1v) is 10.3. The lowest BCUT2D eigenvalue weighted by Crippen LogP contribution is -2.44. The van der Waals surface area contributed by atoms with Gasteiger partial charge in [-0.05, 0) is 31.0 Å². The van der Waals surface area contributed by atoms with Crippen LogP contribution in [-0.4, -0.2) is 27.7 Å². The van der Waals surface area contributed by atoms with E-state index in [2.05, 4.69) is 4.98 Å². The van der Waals surface area contributed by atoms with Gasteiger partial charge in [-0.15, -0.1) is 0 Å². The number of methoxy groups -OCH3 is 1.